The highest BCUT2D eigenvalue weighted by Gasteiger charge is 2.13. The number of carbonyl (C=O) groups excluding carboxylic acids is 1. The molecule has 0 aliphatic rings. The maximum Gasteiger partial charge on any atom is 0.193 e. The Hall–Kier alpha value is -1.65. The molecular formula is C14H11ClO3S. The van der Waals surface area contributed by atoms with Crippen LogP contribution < -0.4 is 0 Å². The molecule has 0 saturated heterocycles. The Balaban J connectivity index is 2.42. The third-order valence-corrected chi connectivity index (χ3v) is 3.99. The lowest BCUT2D eigenvalue weighted by molar-refractivity contribution is 0.103. The summed E-state index contributed by atoms with van der Waals surface area (Å²) in [6.07, 6.45) is 1.11. The molecule has 0 bridgehead atoms. The van der Waals surface area contributed by atoms with E-state index in [0.29, 0.717) is 16.1 Å². The fourth-order valence-electron chi connectivity index (χ4n) is 1.64. The summed E-state index contributed by atoms with van der Waals surface area (Å²) in [5.41, 5.74) is 0.806. The van der Waals surface area contributed by atoms with Gasteiger partial charge in [0, 0.05) is 22.4 Å². The smallest absolute Gasteiger partial charge is 0.193 e. The number of carbonyl (C=O) groups is 1. The molecule has 2 aromatic rings. The van der Waals surface area contributed by atoms with Crippen molar-refractivity contribution >= 4 is 27.2 Å². The first-order chi connectivity index (χ1) is 8.88. The van der Waals surface area contributed by atoms with E-state index < -0.39 is 9.84 Å². The van der Waals surface area contributed by atoms with E-state index in [1.54, 1.807) is 36.4 Å². The second-order valence-electron chi connectivity index (χ2n) is 4.14. The summed E-state index contributed by atoms with van der Waals surface area (Å²) in [5, 5.41) is 0.543. The summed E-state index contributed by atoms with van der Waals surface area (Å²) in [7, 11) is -3.32. The fraction of sp³-hybridized carbons (Fsp3) is 0.0714. The molecule has 0 unspecified atom stereocenters. The van der Waals surface area contributed by atoms with E-state index in [1.807, 2.05) is 0 Å². The van der Waals surface area contributed by atoms with Crippen LogP contribution in [0.1, 0.15) is 15.9 Å². The van der Waals surface area contributed by atoms with Crippen LogP contribution in [0.5, 0.6) is 0 Å². The van der Waals surface area contributed by atoms with Crippen LogP contribution in [-0.4, -0.2) is 20.5 Å². The van der Waals surface area contributed by atoms with Gasteiger partial charge in [0.05, 0.1) is 4.90 Å². The molecule has 2 aromatic carbocycles. The lowest BCUT2D eigenvalue weighted by Crippen LogP contribution is -2.04. The molecule has 0 saturated carbocycles. The van der Waals surface area contributed by atoms with Crippen LogP contribution >= 0.6 is 11.6 Å². The molecule has 0 aliphatic carbocycles. The Morgan fingerprint density at radius 2 is 1.63 bits per heavy atom. The van der Waals surface area contributed by atoms with Crippen LogP contribution in [0.3, 0.4) is 0 Å². The minimum atomic E-state index is -3.32. The van der Waals surface area contributed by atoms with Crippen LogP contribution in [0.2, 0.25) is 5.02 Å². The molecule has 0 heterocycles. The van der Waals surface area contributed by atoms with Crippen molar-refractivity contribution in [2.24, 2.45) is 0 Å². The average Bonchev–Trinajstić information content (AvgIpc) is 2.38. The highest BCUT2D eigenvalue weighted by molar-refractivity contribution is 7.90. The summed E-state index contributed by atoms with van der Waals surface area (Å²) in [4.78, 5) is 12.3. The van der Waals surface area contributed by atoms with Crippen molar-refractivity contribution in [3.05, 3.63) is 64.7 Å². The first-order valence-corrected chi connectivity index (χ1v) is 7.75. The van der Waals surface area contributed by atoms with Crippen molar-refractivity contribution in [2.75, 3.05) is 6.26 Å². The maximum absolute atomic E-state index is 12.2. The third kappa shape index (κ3) is 3.22. The fourth-order valence-corrected chi connectivity index (χ4v) is 2.43. The van der Waals surface area contributed by atoms with Gasteiger partial charge in [-0.25, -0.2) is 8.42 Å². The molecular weight excluding hydrogens is 284 g/mol. The quantitative estimate of drug-likeness (QED) is 0.818. The Kier molecular flexibility index (Phi) is 3.73. The summed E-state index contributed by atoms with van der Waals surface area (Å²) < 4.78 is 22.9. The van der Waals surface area contributed by atoms with Gasteiger partial charge in [-0.15, -0.1) is 0 Å². The second kappa shape index (κ2) is 5.15. The number of sulfone groups is 1. The van der Waals surface area contributed by atoms with Gasteiger partial charge in [-0.05, 0) is 36.4 Å². The van der Waals surface area contributed by atoms with E-state index >= 15 is 0 Å². The molecule has 2 rings (SSSR count). The van der Waals surface area contributed by atoms with E-state index in [4.69, 9.17) is 11.6 Å². The van der Waals surface area contributed by atoms with E-state index in [0.717, 1.165) is 6.26 Å². The van der Waals surface area contributed by atoms with Crippen LogP contribution in [-0.2, 0) is 9.84 Å². The Morgan fingerprint density at radius 1 is 1.00 bits per heavy atom. The molecule has 0 amide bonds. The zero-order valence-electron chi connectivity index (χ0n) is 10.1. The zero-order valence-corrected chi connectivity index (χ0v) is 11.7. The molecule has 0 fully saturated rings. The van der Waals surface area contributed by atoms with Crippen LogP contribution in [0.15, 0.2) is 53.4 Å². The monoisotopic (exact) mass is 294 g/mol. The van der Waals surface area contributed by atoms with Gasteiger partial charge >= 0.3 is 0 Å². The molecule has 0 atom stereocenters. The normalized spacial score (nSPS) is 11.3. The van der Waals surface area contributed by atoms with Gasteiger partial charge in [0.15, 0.2) is 15.6 Å². The van der Waals surface area contributed by atoms with Gasteiger partial charge in [-0.1, -0.05) is 23.7 Å². The lowest BCUT2D eigenvalue weighted by atomic mass is 10.0. The third-order valence-electron chi connectivity index (χ3n) is 2.63. The van der Waals surface area contributed by atoms with E-state index in [1.165, 1.54) is 12.1 Å². The minimum Gasteiger partial charge on any atom is -0.289 e. The number of ketones is 1. The molecule has 98 valence electrons. The molecule has 19 heavy (non-hydrogen) atoms. The molecule has 0 radical (unpaired) electrons. The van der Waals surface area contributed by atoms with Gasteiger partial charge in [0.25, 0.3) is 0 Å². The van der Waals surface area contributed by atoms with E-state index in [2.05, 4.69) is 0 Å². The van der Waals surface area contributed by atoms with Crippen LogP contribution in [0.25, 0.3) is 0 Å². The van der Waals surface area contributed by atoms with Crippen LogP contribution in [0.4, 0.5) is 0 Å². The van der Waals surface area contributed by atoms with Gasteiger partial charge < -0.3 is 0 Å². The molecule has 5 heteroatoms. The van der Waals surface area contributed by atoms with Gasteiger partial charge in [0.2, 0.25) is 0 Å². The first kappa shape index (κ1) is 13.8. The van der Waals surface area contributed by atoms with Crippen molar-refractivity contribution in [1.82, 2.24) is 0 Å². The van der Waals surface area contributed by atoms with Crippen LogP contribution in [0, 0.1) is 0 Å². The number of hydrogen-bond acceptors (Lipinski definition) is 3. The predicted octanol–water partition coefficient (Wildman–Crippen LogP) is 2.97. The highest BCUT2D eigenvalue weighted by Crippen LogP contribution is 2.17. The largest absolute Gasteiger partial charge is 0.289 e. The number of halogens is 1. The lowest BCUT2D eigenvalue weighted by Gasteiger charge is -2.04. The SMILES string of the molecule is CS(=O)(=O)c1cccc(C(=O)c2ccc(Cl)cc2)c1. The summed E-state index contributed by atoms with van der Waals surface area (Å²) in [6.45, 7) is 0. The van der Waals surface area contributed by atoms with Crippen molar-refractivity contribution < 1.29 is 13.2 Å². The molecule has 0 spiro atoms. The summed E-state index contributed by atoms with van der Waals surface area (Å²) in [5.74, 6) is -0.234. The van der Waals surface area contributed by atoms with Crippen molar-refractivity contribution in [2.45, 2.75) is 4.90 Å². The number of hydrogen-bond donors (Lipinski definition) is 0. The Morgan fingerprint density at radius 3 is 2.21 bits per heavy atom. The van der Waals surface area contributed by atoms with E-state index in [-0.39, 0.29) is 10.7 Å². The molecule has 3 nitrogen and oxygen atoms in total. The topological polar surface area (TPSA) is 51.2 Å². The Labute approximate surface area is 116 Å². The zero-order chi connectivity index (χ0) is 14.0. The van der Waals surface area contributed by atoms with Crippen molar-refractivity contribution in [3.8, 4) is 0 Å². The first-order valence-electron chi connectivity index (χ1n) is 5.48. The average molecular weight is 295 g/mol. The number of benzene rings is 2. The van der Waals surface area contributed by atoms with Crippen molar-refractivity contribution in [3.63, 3.8) is 0 Å². The molecule has 0 N–H and O–H groups in total. The highest BCUT2D eigenvalue weighted by atomic mass is 35.5. The van der Waals surface area contributed by atoms with Crippen molar-refractivity contribution in [1.29, 1.82) is 0 Å². The summed E-state index contributed by atoms with van der Waals surface area (Å²) in [6, 6.07) is 12.4. The van der Waals surface area contributed by atoms with E-state index in [9.17, 15) is 13.2 Å². The summed E-state index contributed by atoms with van der Waals surface area (Å²) >= 11 is 5.76. The standard InChI is InChI=1S/C14H11ClO3S/c1-19(17,18)13-4-2-3-11(9-13)14(16)10-5-7-12(15)8-6-10/h2-9H,1H3. The van der Waals surface area contributed by atoms with Gasteiger partial charge in [-0.3, -0.25) is 4.79 Å². The second-order valence-corrected chi connectivity index (χ2v) is 6.59. The minimum absolute atomic E-state index is 0.132. The Bertz CT molecular complexity index is 719. The predicted molar refractivity (Wildman–Crippen MR) is 74.4 cm³/mol. The molecule has 0 aliphatic heterocycles. The number of rotatable bonds is 3. The van der Waals surface area contributed by atoms with Gasteiger partial charge in [0.1, 0.15) is 0 Å². The molecule has 0 aromatic heterocycles. The maximum atomic E-state index is 12.2. The van der Waals surface area contributed by atoms with Gasteiger partial charge in [-0.2, -0.15) is 0 Å².